The van der Waals surface area contributed by atoms with Crippen molar-refractivity contribution in [2.75, 3.05) is 14.2 Å². The van der Waals surface area contributed by atoms with Crippen LogP contribution in [0.25, 0.3) is 0 Å². The van der Waals surface area contributed by atoms with Crippen LogP contribution in [-0.4, -0.2) is 31.0 Å². The van der Waals surface area contributed by atoms with Gasteiger partial charge in [0.15, 0.2) is 5.78 Å². The number of carbonyl (C=O) groups is 2. The van der Waals surface area contributed by atoms with Crippen LogP contribution < -0.4 is 4.74 Å². The molecule has 110 valence electrons. The predicted octanol–water partition coefficient (Wildman–Crippen LogP) is 2.18. The first-order valence-corrected chi connectivity index (χ1v) is 6.71. The Balaban J connectivity index is 2.70. The van der Waals surface area contributed by atoms with E-state index in [1.54, 1.807) is 18.3 Å². The molecule has 0 N–H and O–H groups in total. The van der Waals surface area contributed by atoms with Crippen LogP contribution in [0, 0.1) is 5.92 Å². The minimum atomic E-state index is -0.679. The van der Waals surface area contributed by atoms with Crippen LogP contribution in [0.15, 0.2) is 18.3 Å². The lowest BCUT2D eigenvalue weighted by atomic mass is 9.93. The Morgan fingerprint density at radius 1 is 1.30 bits per heavy atom. The molecule has 5 nitrogen and oxygen atoms in total. The standard InChI is InChI=1S/C15H21NO4/c1-4-5-6-12(15(18)20-3)13(17)9-11-7-8-14(19-2)16-10-11/h7-8,10,12H,4-6,9H2,1-3H3. The van der Waals surface area contributed by atoms with Crippen molar-refractivity contribution in [2.24, 2.45) is 5.92 Å². The second-order valence-electron chi connectivity index (χ2n) is 4.57. The largest absolute Gasteiger partial charge is 0.481 e. The van der Waals surface area contributed by atoms with Crippen LogP contribution >= 0.6 is 0 Å². The van der Waals surface area contributed by atoms with Gasteiger partial charge in [-0.2, -0.15) is 0 Å². The van der Waals surface area contributed by atoms with Gasteiger partial charge in [-0.05, 0) is 12.0 Å². The average Bonchev–Trinajstić information content (AvgIpc) is 2.48. The molecule has 1 atom stereocenters. The summed E-state index contributed by atoms with van der Waals surface area (Å²) in [7, 11) is 2.84. The smallest absolute Gasteiger partial charge is 0.316 e. The molecule has 1 aromatic rings. The molecule has 0 spiro atoms. The van der Waals surface area contributed by atoms with Gasteiger partial charge in [0.1, 0.15) is 5.92 Å². The molecular formula is C15H21NO4. The fourth-order valence-electron chi connectivity index (χ4n) is 1.92. The number of nitrogens with zero attached hydrogens (tertiary/aromatic N) is 1. The number of ketones is 1. The molecule has 0 bridgehead atoms. The molecule has 1 heterocycles. The maximum absolute atomic E-state index is 12.2. The van der Waals surface area contributed by atoms with E-state index < -0.39 is 11.9 Å². The van der Waals surface area contributed by atoms with Crippen molar-refractivity contribution < 1.29 is 19.1 Å². The number of pyridine rings is 1. The van der Waals surface area contributed by atoms with Gasteiger partial charge in [-0.25, -0.2) is 4.98 Å². The Labute approximate surface area is 119 Å². The van der Waals surface area contributed by atoms with Crippen molar-refractivity contribution in [3.05, 3.63) is 23.9 Å². The van der Waals surface area contributed by atoms with Gasteiger partial charge in [0.05, 0.1) is 14.2 Å². The highest BCUT2D eigenvalue weighted by molar-refractivity contribution is 5.99. The topological polar surface area (TPSA) is 65.5 Å². The van der Waals surface area contributed by atoms with E-state index in [-0.39, 0.29) is 12.2 Å². The summed E-state index contributed by atoms with van der Waals surface area (Å²) in [6.45, 7) is 2.02. The van der Waals surface area contributed by atoms with Gasteiger partial charge < -0.3 is 9.47 Å². The zero-order valence-corrected chi connectivity index (χ0v) is 12.2. The Kier molecular flexibility index (Phi) is 6.70. The Hall–Kier alpha value is -1.91. The molecule has 20 heavy (non-hydrogen) atoms. The second-order valence-corrected chi connectivity index (χ2v) is 4.57. The summed E-state index contributed by atoms with van der Waals surface area (Å²) < 4.78 is 9.67. The third kappa shape index (κ3) is 4.64. The summed E-state index contributed by atoms with van der Waals surface area (Å²) in [4.78, 5) is 27.9. The van der Waals surface area contributed by atoms with Gasteiger partial charge in [0.2, 0.25) is 5.88 Å². The van der Waals surface area contributed by atoms with Crippen molar-refractivity contribution in [1.82, 2.24) is 4.98 Å². The van der Waals surface area contributed by atoms with Crippen molar-refractivity contribution in [3.63, 3.8) is 0 Å². The highest BCUT2D eigenvalue weighted by atomic mass is 16.5. The second kappa shape index (κ2) is 8.30. The number of unbranched alkanes of at least 4 members (excludes halogenated alkanes) is 1. The summed E-state index contributed by atoms with van der Waals surface area (Å²) >= 11 is 0. The van der Waals surface area contributed by atoms with Gasteiger partial charge in [0.25, 0.3) is 0 Å². The van der Waals surface area contributed by atoms with Gasteiger partial charge in [0, 0.05) is 18.7 Å². The van der Waals surface area contributed by atoms with Crippen molar-refractivity contribution >= 4 is 11.8 Å². The molecule has 1 unspecified atom stereocenters. The van der Waals surface area contributed by atoms with Gasteiger partial charge in [-0.15, -0.1) is 0 Å². The number of methoxy groups -OCH3 is 2. The molecule has 1 rings (SSSR count). The molecule has 0 saturated heterocycles. The number of esters is 1. The summed E-state index contributed by atoms with van der Waals surface area (Å²) in [5, 5.41) is 0. The fourth-order valence-corrected chi connectivity index (χ4v) is 1.92. The quantitative estimate of drug-likeness (QED) is 0.539. The molecule has 0 aliphatic rings. The number of rotatable bonds is 8. The van der Waals surface area contributed by atoms with Crippen LogP contribution in [-0.2, 0) is 20.7 Å². The van der Waals surface area contributed by atoms with E-state index in [2.05, 4.69) is 4.98 Å². The van der Waals surface area contributed by atoms with Crippen molar-refractivity contribution in [1.29, 1.82) is 0 Å². The lowest BCUT2D eigenvalue weighted by molar-refractivity contribution is -0.149. The van der Waals surface area contributed by atoms with E-state index in [9.17, 15) is 9.59 Å². The molecule has 0 aliphatic heterocycles. The van der Waals surface area contributed by atoms with Gasteiger partial charge >= 0.3 is 5.97 Å². The van der Waals surface area contributed by atoms with Crippen LogP contribution in [0.1, 0.15) is 31.7 Å². The van der Waals surface area contributed by atoms with Crippen LogP contribution in [0.4, 0.5) is 0 Å². The van der Waals surface area contributed by atoms with E-state index in [1.807, 2.05) is 6.92 Å². The molecular weight excluding hydrogens is 258 g/mol. The molecule has 0 aromatic carbocycles. The van der Waals surface area contributed by atoms with E-state index in [4.69, 9.17) is 9.47 Å². The zero-order valence-electron chi connectivity index (χ0n) is 12.2. The van der Waals surface area contributed by atoms with E-state index in [1.165, 1.54) is 14.2 Å². The zero-order chi connectivity index (χ0) is 15.0. The van der Waals surface area contributed by atoms with Crippen LogP contribution in [0.3, 0.4) is 0 Å². The van der Waals surface area contributed by atoms with Crippen LogP contribution in [0.5, 0.6) is 5.88 Å². The third-order valence-corrected chi connectivity index (χ3v) is 3.11. The number of carbonyl (C=O) groups excluding carboxylic acids is 2. The number of ether oxygens (including phenoxy) is 2. The van der Waals surface area contributed by atoms with E-state index >= 15 is 0 Å². The minimum Gasteiger partial charge on any atom is -0.481 e. The Morgan fingerprint density at radius 3 is 2.55 bits per heavy atom. The highest BCUT2D eigenvalue weighted by Crippen LogP contribution is 2.15. The molecule has 5 heteroatoms. The first-order valence-electron chi connectivity index (χ1n) is 6.71. The molecule has 0 radical (unpaired) electrons. The minimum absolute atomic E-state index is 0.128. The summed E-state index contributed by atoms with van der Waals surface area (Å²) in [6.07, 6.45) is 4.06. The Morgan fingerprint density at radius 2 is 2.05 bits per heavy atom. The first kappa shape index (κ1) is 16.1. The van der Waals surface area contributed by atoms with Gasteiger partial charge in [-0.1, -0.05) is 25.8 Å². The first-order chi connectivity index (χ1) is 9.62. The van der Waals surface area contributed by atoms with Crippen LogP contribution in [0.2, 0.25) is 0 Å². The SMILES string of the molecule is CCCCC(C(=O)Cc1ccc(OC)nc1)C(=O)OC. The monoisotopic (exact) mass is 279 g/mol. The average molecular weight is 279 g/mol. The maximum Gasteiger partial charge on any atom is 0.316 e. The maximum atomic E-state index is 12.2. The molecule has 0 aliphatic carbocycles. The number of hydrogen-bond donors (Lipinski definition) is 0. The van der Waals surface area contributed by atoms with E-state index in [0.717, 1.165) is 18.4 Å². The molecule has 1 aromatic heterocycles. The van der Waals surface area contributed by atoms with Crippen molar-refractivity contribution in [3.8, 4) is 5.88 Å². The molecule has 0 fully saturated rings. The predicted molar refractivity (Wildman–Crippen MR) is 74.5 cm³/mol. The van der Waals surface area contributed by atoms with E-state index in [0.29, 0.717) is 12.3 Å². The normalized spacial score (nSPS) is 11.8. The molecule has 0 amide bonds. The van der Waals surface area contributed by atoms with Gasteiger partial charge in [-0.3, -0.25) is 9.59 Å². The number of aromatic nitrogens is 1. The highest BCUT2D eigenvalue weighted by Gasteiger charge is 2.26. The number of Topliss-reactive ketones (excluding diaryl/α,β-unsaturated/α-hetero) is 1. The van der Waals surface area contributed by atoms with Crippen molar-refractivity contribution in [2.45, 2.75) is 32.6 Å². The summed E-state index contributed by atoms with van der Waals surface area (Å²) in [6, 6.07) is 3.47. The number of hydrogen-bond acceptors (Lipinski definition) is 5. The third-order valence-electron chi connectivity index (χ3n) is 3.11. The Bertz CT molecular complexity index is 442. The molecule has 0 saturated carbocycles. The summed E-state index contributed by atoms with van der Waals surface area (Å²) in [5.41, 5.74) is 0.765. The summed E-state index contributed by atoms with van der Waals surface area (Å²) in [5.74, 6) is -0.763. The fraction of sp³-hybridized carbons (Fsp3) is 0.533. The lowest BCUT2D eigenvalue weighted by Gasteiger charge is -2.13. The lowest BCUT2D eigenvalue weighted by Crippen LogP contribution is -2.26.